The summed E-state index contributed by atoms with van der Waals surface area (Å²) in [6.45, 7) is -2.96. The molecule has 2 rings (SSSR count). The van der Waals surface area contributed by atoms with E-state index in [1.165, 1.54) is 6.07 Å². The molecule has 1 saturated carbocycles. The molecule has 0 spiro atoms. The molecule has 0 amide bonds. The van der Waals surface area contributed by atoms with Crippen molar-refractivity contribution in [3.05, 3.63) is 29.8 Å². The molecule has 0 heterocycles. The Morgan fingerprint density at radius 1 is 1.05 bits per heavy atom. The minimum atomic E-state index is -2.96. The van der Waals surface area contributed by atoms with Gasteiger partial charge in [-0.1, -0.05) is 18.2 Å². The summed E-state index contributed by atoms with van der Waals surface area (Å²) in [5, 5.41) is 0. The molecule has 0 radical (unpaired) electrons. The fourth-order valence-corrected chi connectivity index (χ4v) is 2.41. The summed E-state index contributed by atoms with van der Waals surface area (Å²) in [4.78, 5) is 0. The van der Waals surface area contributed by atoms with Crippen molar-refractivity contribution >= 4 is 0 Å². The third-order valence-electron chi connectivity index (χ3n) is 3.51. The molecule has 19 heavy (non-hydrogen) atoms. The summed E-state index contributed by atoms with van der Waals surface area (Å²) in [5.74, 6) is -2.76. The first kappa shape index (κ1) is 14.1. The van der Waals surface area contributed by atoms with E-state index in [1.54, 1.807) is 18.2 Å². The van der Waals surface area contributed by atoms with Gasteiger partial charge in [0.15, 0.2) is 0 Å². The zero-order valence-electron chi connectivity index (χ0n) is 10.2. The Hall–Kier alpha value is -1.30. The minimum absolute atomic E-state index is 0.0368. The largest absolute Gasteiger partial charge is 0.434 e. The van der Waals surface area contributed by atoms with Gasteiger partial charge < -0.3 is 10.5 Å². The molecule has 2 nitrogen and oxygen atoms in total. The van der Waals surface area contributed by atoms with Crippen LogP contribution in [0.4, 0.5) is 17.6 Å². The summed E-state index contributed by atoms with van der Waals surface area (Å²) >= 11 is 0. The predicted molar refractivity (Wildman–Crippen MR) is 62.4 cm³/mol. The van der Waals surface area contributed by atoms with E-state index in [-0.39, 0.29) is 31.4 Å². The number of rotatable bonds is 3. The molecule has 0 saturated heterocycles. The van der Waals surface area contributed by atoms with Gasteiger partial charge in [-0.15, -0.1) is 0 Å². The molecule has 1 aliphatic rings. The number of hydrogen-bond donors (Lipinski definition) is 1. The number of halogens is 4. The molecule has 1 aromatic rings. The van der Waals surface area contributed by atoms with Crippen LogP contribution in [0.15, 0.2) is 24.3 Å². The van der Waals surface area contributed by atoms with Crippen molar-refractivity contribution in [3.63, 3.8) is 0 Å². The predicted octanol–water partition coefficient (Wildman–Crippen LogP) is 3.65. The van der Waals surface area contributed by atoms with Crippen LogP contribution in [0.5, 0.6) is 5.75 Å². The van der Waals surface area contributed by atoms with E-state index in [9.17, 15) is 17.6 Å². The quantitative estimate of drug-likeness (QED) is 0.856. The Morgan fingerprint density at radius 3 is 2.21 bits per heavy atom. The van der Waals surface area contributed by atoms with Crippen molar-refractivity contribution in [1.29, 1.82) is 0 Å². The summed E-state index contributed by atoms with van der Waals surface area (Å²) in [5.41, 5.74) is 5.45. The second-order valence-electron chi connectivity index (χ2n) is 4.89. The molecule has 0 aromatic heterocycles. The molecule has 0 aliphatic heterocycles. The van der Waals surface area contributed by atoms with Gasteiger partial charge >= 0.3 is 6.61 Å². The highest BCUT2D eigenvalue weighted by atomic mass is 19.3. The highest BCUT2D eigenvalue weighted by molar-refractivity contribution is 5.39. The van der Waals surface area contributed by atoms with E-state index in [4.69, 9.17) is 5.73 Å². The summed E-state index contributed by atoms with van der Waals surface area (Å²) < 4.78 is 55.4. The van der Waals surface area contributed by atoms with E-state index in [1.807, 2.05) is 0 Å². The maximum atomic E-state index is 13.2. The molecular weight excluding hydrogens is 262 g/mol. The van der Waals surface area contributed by atoms with Gasteiger partial charge in [-0.05, 0) is 18.9 Å². The molecule has 1 aromatic carbocycles. The lowest BCUT2D eigenvalue weighted by Gasteiger charge is -2.38. The Morgan fingerprint density at radius 2 is 1.63 bits per heavy atom. The van der Waals surface area contributed by atoms with Gasteiger partial charge in [0, 0.05) is 23.9 Å². The lowest BCUT2D eigenvalue weighted by atomic mass is 9.76. The smallest absolute Gasteiger partial charge is 0.387 e. The van der Waals surface area contributed by atoms with Crippen LogP contribution in [0.25, 0.3) is 0 Å². The molecule has 106 valence electrons. The SMILES string of the molecule is NC1(c2ccccc2OC(F)F)CCC(F)(F)CC1. The minimum Gasteiger partial charge on any atom is -0.434 e. The van der Waals surface area contributed by atoms with Gasteiger partial charge in [0.1, 0.15) is 5.75 Å². The normalized spacial score (nSPS) is 21.4. The van der Waals surface area contributed by atoms with Crippen LogP contribution >= 0.6 is 0 Å². The second kappa shape index (κ2) is 5.00. The molecular formula is C13H15F4NO. The molecule has 0 unspecified atom stereocenters. The monoisotopic (exact) mass is 277 g/mol. The van der Waals surface area contributed by atoms with Crippen molar-refractivity contribution in [2.24, 2.45) is 5.73 Å². The number of hydrogen-bond acceptors (Lipinski definition) is 2. The molecule has 2 N–H and O–H groups in total. The first-order valence-corrected chi connectivity index (χ1v) is 6.03. The zero-order valence-corrected chi connectivity index (χ0v) is 10.2. The third-order valence-corrected chi connectivity index (χ3v) is 3.51. The van der Waals surface area contributed by atoms with Gasteiger partial charge in [-0.3, -0.25) is 0 Å². The summed E-state index contributed by atoms with van der Waals surface area (Å²) in [6.07, 6.45) is -0.591. The standard InChI is InChI=1S/C13H15F4NO/c14-11(15)19-10-4-2-1-3-9(10)12(18)5-7-13(16,17)8-6-12/h1-4,11H,5-8,18H2. The van der Waals surface area contributed by atoms with Crippen LogP contribution in [0, 0.1) is 0 Å². The average molecular weight is 277 g/mol. The van der Waals surface area contributed by atoms with Crippen LogP contribution in [0.2, 0.25) is 0 Å². The van der Waals surface area contributed by atoms with Crippen molar-refractivity contribution < 1.29 is 22.3 Å². The van der Waals surface area contributed by atoms with Crippen molar-refractivity contribution in [3.8, 4) is 5.75 Å². The molecule has 6 heteroatoms. The van der Waals surface area contributed by atoms with E-state index < -0.39 is 18.1 Å². The van der Waals surface area contributed by atoms with Crippen LogP contribution < -0.4 is 10.5 Å². The number of alkyl halides is 4. The fourth-order valence-electron chi connectivity index (χ4n) is 2.41. The van der Waals surface area contributed by atoms with Crippen molar-refractivity contribution in [2.45, 2.75) is 43.8 Å². The van der Waals surface area contributed by atoms with Crippen LogP contribution in [0.3, 0.4) is 0 Å². The number of benzene rings is 1. The Kier molecular flexibility index (Phi) is 3.71. The molecule has 1 aliphatic carbocycles. The Bertz CT molecular complexity index is 440. The van der Waals surface area contributed by atoms with E-state index in [0.717, 1.165) is 0 Å². The summed E-state index contributed by atoms with van der Waals surface area (Å²) in [7, 11) is 0. The molecule has 0 bridgehead atoms. The van der Waals surface area contributed by atoms with Crippen molar-refractivity contribution in [1.82, 2.24) is 0 Å². The van der Waals surface area contributed by atoms with Crippen LogP contribution in [-0.2, 0) is 5.54 Å². The Labute approximate surface area is 108 Å². The van der Waals surface area contributed by atoms with Gasteiger partial charge in [0.25, 0.3) is 0 Å². The third kappa shape index (κ3) is 3.18. The maximum absolute atomic E-state index is 13.2. The van der Waals surface area contributed by atoms with Gasteiger partial charge in [-0.2, -0.15) is 8.78 Å². The Balaban J connectivity index is 2.26. The zero-order chi connectivity index (χ0) is 14.1. The van der Waals surface area contributed by atoms with Crippen LogP contribution in [-0.4, -0.2) is 12.5 Å². The van der Waals surface area contributed by atoms with Crippen LogP contribution in [0.1, 0.15) is 31.2 Å². The number of para-hydroxylation sites is 1. The average Bonchev–Trinajstić information content (AvgIpc) is 2.33. The fraction of sp³-hybridized carbons (Fsp3) is 0.538. The number of nitrogens with two attached hydrogens (primary N) is 1. The lowest BCUT2D eigenvalue weighted by Crippen LogP contribution is -2.43. The molecule has 1 fully saturated rings. The number of ether oxygens (including phenoxy) is 1. The first-order chi connectivity index (χ1) is 8.82. The highest BCUT2D eigenvalue weighted by Crippen LogP contribution is 2.44. The van der Waals surface area contributed by atoms with E-state index in [2.05, 4.69) is 4.74 Å². The van der Waals surface area contributed by atoms with Crippen molar-refractivity contribution in [2.75, 3.05) is 0 Å². The van der Waals surface area contributed by atoms with E-state index in [0.29, 0.717) is 5.56 Å². The maximum Gasteiger partial charge on any atom is 0.387 e. The highest BCUT2D eigenvalue weighted by Gasteiger charge is 2.43. The topological polar surface area (TPSA) is 35.2 Å². The first-order valence-electron chi connectivity index (χ1n) is 6.03. The second-order valence-corrected chi connectivity index (χ2v) is 4.89. The van der Waals surface area contributed by atoms with Gasteiger partial charge in [0.05, 0.1) is 0 Å². The van der Waals surface area contributed by atoms with Gasteiger partial charge in [-0.25, -0.2) is 8.78 Å². The van der Waals surface area contributed by atoms with Gasteiger partial charge in [0.2, 0.25) is 5.92 Å². The summed E-state index contributed by atoms with van der Waals surface area (Å²) in [6, 6.07) is 6.11. The lowest BCUT2D eigenvalue weighted by molar-refractivity contribution is -0.0593. The van der Waals surface area contributed by atoms with E-state index >= 15 is 0 Å². The molecule has 0 atom stereocenters.